The fourth-order valence-electron chi connectivity index (χ4n) is 16.1. The van der Waals surface area contributed by atoms with Gasteiger partial charge >= 0.3 is 0 Å². The molecule has 0 saturated heterocycles. The van der Waals surface area contributed by atoms with Crippen LogP contribution in [0.15, 0.2) is 0 Å². The fraction of sp³-hybridized carbons (Fsp3) is 1.00. The predicted octanol–water partition coefficient (Wildman–Crippen LogP) is 19.4. The molecule has 928 valence electrons. The van der Waals surface area contributed by atoms with Crippen molar-refractivity contribution in [3.8, 4) is 0 Å². The van der Waals surface area contributed by atoms with Gasteiger partial charge in [0.05, 0.1) is 117 Å². The smallest absolute Gasteiger partial charge is 0.162 e. The van der Waals surface area contributed by atoms with Crippen molar-refractivity contribution in [2.45, 2.75) is 586 Å². The Balaban J connectivity index is -0.000000111. The largest absolute Gasteiger partial charge is 0.396 e. The van der Waals surface area contributed by atoms with Crippen molar-refractivity contribution in [1.82, 2.24) is 0 Å². The number of hydrogen-bond donors (Lipinski definition) is 28. The summed E-state index contributed by atoms with van der Waals surface area (Å²) in [6, 6.07) is 0. The molecule has 0 amide bonds. The summed E-state index contributed by atoms with van der Waals surface area (Å²) in [5, 5.41) is 257. The Morgan fingerprint density at radius 2 is 0.513 bits per heavy atom. The van der Waals surface area contributed by atoms with Crippen LogP contribution in [0.3, 0.4) is 0 Å². The quantitative estimate of drug-likeness (QED) is 0.0251. The molecule has 28 N–H and O–H groups in total. The van der Waals surface area contributed by atoms with Crippen LogP contribution in [0, 0.1) is 130 Å². The number of rotatable bonds is 66. The molecule has 150 heavy (non-hydrogen) atoms. The minimum Gasteiger partial charge on any atom is -0.396 e. The molecule has 0 fully saturated rings. The molecule has 0 spiro atoms. The summed E-state index contributed by atoms with van der Waals surface area (Å²) in [6.45, 7) is 86.0. The maximum absolute atomic E-state index is 9.63. The maximum atomic E-state index is 9.63. The Kier molecular flexibility index (Phi) is 137. The van der Waals surface area contributed by atoms with Crippen LogP contribution in [-0.2, 0) is 0 Å². The topological polar surface area (TPSA) is 566 Å². The fourth-order valence-corrected chi connectivity index (χ4v) is 16.1. The van der Waals surface area contributed by atoms with Gasteiger partial charge in [-0.2, -0.15) is 0 Å². The lowest BCUT2D eigenvalue weighted by molar-refractivity contribution is -0.176. The van der Waals surface area contributed by atoms with E-state index in [1.165, 1.54) is 0 Å². The van der Waals surface area contributed by atoms with Gasteiger partial charge in [-0.3, -0.25) is 0 Å². The highest BCUT2D eigenvalue weighted by atomic mass is 16.5. The van der Waals surface area contributed by atoms with Gasteiger partial charge < -0.3 is 143 Å². The van der Waals surface area contributed by atoms with Crippen LogP contribution in [0.5, 0.6) is 0 Å². The highest BCUT2D eigenvalue weighted by Gasteiger charge is 2.31. The van der Waals surface area contributed by atoms with E-state index in [-0.39, 0.29) is 162 Å². The van der Waals surface area contributed by atoms with Gasteiger partial charge in [0.15, 0.2) is 5.79 Å². The molecule has 0 aliphatic carbocycles. The molecule has 0 aliphatic rings. The summed E-state index contributed by atoms with van der Waals surface area (Å²) in [6.07, 6.45) is 18.0. The van der Waals surface area contributed by atoms with Gasteiger partial charge in [0, 0.05) is 88.2 Å². The second-order valence-corrected chi connectivity index (χ2v) is 48.5. The number of aliphatic hydroxyl groups is 28. The average Bonchev–Trinajstić information content (AvgIpc) is 0.882. The summed E-state index contributed by atoms with van der Waals surface area (Å²) in [5.41, 5.74) is -1.91. The van der Waals surface area contributed by atoms with E-state index in [4.69, 9.17) is 61.3 Å². The molecule has 28 nitrogen and oxygen atoms in total. The van der Waals surface area contributed by atoms with E-state index in [2.05, 4.69) is 111 Å². The molecule has 0 aromatic carbocycles. The number of aliphatic hydroxyl groups excluding tert-OH is 24. The lowest BCUT2D eigenvalue weighted by atomic mass is 9.79. The van der Waals surface area contributed by atoms with Crippen molar-refractivity contribution in [3.05, 3.63) is 0 Å². The van der Waals surface area contributed by atoms with Gasteiger partial charge in [0.25, 0.3) is 0 Å². The minimum absolute atomic E-state index is 0.0463. The van der Waals surface area contributed by atoms with Gasteiger partial charge in [-0.25, -0.2) is 0 Å². The Morgan fingerprint density at radius 3 is 0.753 bits per heavy atom. The standard InChI is InChI=1S/10C9H20O2.4C8H18O2/c1-4-9(6-10,7-11)5-8(2)3;1-4-9(11)5-8(6-10)7(2)3;1-4-8(5-10)9(6-11)7(2)3;1-4-9(11)8(6-10)5-7(2)3;1-4-8(6-10)9(11)5-7(2)3;1-4-8(10)6-9(11)5-7(2)3;1-4-9(11,7-10)6-5-8(2)3;1-4-8(10)9(11)6-5-7(2)3;1-4-5-9(11)8(6-10)7(2)3;1-4-5-8(10)9(11)6-7(2)3;1-4-8(10,6-9)5-7(2)3;1-4-8(10)7(5-9)6(2)3;1-4-7(9)8(10)5-6(2)3;1-4-5-8(9,10)6-7(2)3/h8,10-11H,4-7H2,1-3H3;5*7-11H,4-6H2,1-3H3;8,10-11H,4-7H2,1-3H3;3*7-11H,4-6H2,1-3H3;7,9-10H,4-6H2,1-3H3;2*6-10H,4-5H2,1-3H3;7,9-10H,4-6H2,1-3H3. The van der Waals surface area contributed by atoms with Crippen molar-refractivity contribution < 1.29 is 143 Å². The van der Waals surface area contributed by atoms with E-state index in [9.17, 15) is 81.7 Å². The highest BCUT2D eigenvalue weighted by molar-refractivity contribution is 4.81. The van der Waals surface area contributed by atoms with E-state index in [0.717, 1.165) is 116 Å². The molecule has 0 bridgehead atoms. The van der Waals surface area contributed by atoms with Crippen molar-refractivity contribution in [1.29, 1.82) is 0 Å². The second-order valence-electron chi connectivity index (χ2n) is 48.5. The first-order chi connectivity index (χ1) is 69.2. The summed E-state index contributed by atoms with van der Waals surface area (Å²) in [7, 11) is 0. The molecule has 22 atom stereocenters. The third kappa shape index (κ3) is 119. The average molecular weight is 2190 g/mol. The first kappa shape index (κ1) is 179. The highest BCUT2D eigenvalue weighted by Crippen LogP contribution is 2.31. The molecule has 0 aromatic heterocycles. The molecule has 0 rings (SSSR count). The van der Waals surface area contributed by atoms with Crippen molar-refractivity contribution in [3.63, 3.8) is 0 Å². The molecule has 0 saturated carbocycles. The Morgan fingerprint density at radius 1 is 0.187 bits per heavy atom. The zero-order chi connectivity index (χ0) is 121. The number of hydrogen-bond acceptors (Lipinski definition) is 28. The van der Waals surface area contributed by atoms with Crippen molar-refractivity contribution in [2.24, 2.45) is 130 Å². The van der Waals surface area contributed by atoms with E-state index in [1.807, 2.05) is 180 Å². The molecule has 0 aliphatic heterocycles. The van der Waals surface area contributed by atoms with Crippen LogP contribution in [-0.4, -0.2) is 312 Å². The van der Waals surface area contributed by atoms with Crippen LogP contribution in [0.1, 0.15) is 490 Å². The van der Waals surface area contributed by atoms with E-state index >= 15 is 0 Å². The van der Waals surface area contributed by atoms with Crippen LogP contribution in [0.2, 0.25) is 0 Å². The maximum Gasteiger partial charge on any atom is 0.162 e. The Hall–Kier alpha value is -1.12. The monoisotopic (exact) mass is 2190 g/mol. The first-order valence-corrected chi connectivity index (χ1v) is 59.6. The van der Waals surface area contributed by atoms with Gasteiger partial charge in [-0.15, -0.1) is 0 Å². The zero-order valence-corrected chi connectivity index (χ0v) is 106. The van der Waals surface area contributed by atoms with Crippen LogP contribution in [0.4, 0.5) is 0 Å². The summed E-state index contributed by atoms with van der Waals surface area (Å²) >= 11 is 0. The van der Waals surface area contributed by atoms with Gasteiger partial charge in [0.2, 0.25) is 0 Å². The second kappa shape index (κ2) is 115. The van der Waals surface area contributed by atoms with Crippen LogP contribution in [0.25, 0.3) is 0 Å². The molecule has 0 aromatic rings. The molecular formula is C122H272O28. The molecule has 22 unspecified atom stereocenters. The first-order valence-electron chi connectivity index (χ1n) is 59.6. The van der Waals surface area contributed by atoms with Gasteiger partial charge in [-0.05, 0) is 261 Å². The summed E-state index contributed by atoms with van der Waals surface area (Å²) < 4.78 is 0. The van der Waals surface area contributed by atoms with Crippen molar-refractivity contribution >= 4 is 0 Å². The zero-order valence-electron chi connectivity index (χ0n) is 106. The van der Waals surface area contributed by atoms with Crippen LogP contribution >= 0.6 is 0 Å². The molecule has 0 heterocycles. The summed E-state index contributed by atoms with van der Waals surface area (Å²) in [4.78, 5) is 0. The van der Waals surface area contributed by atoms with E-state index in [0.29, 0.717) is 166 Å². The lowest BCUT2D eigenvalue weighted by Crippen LogP contribution is -2.33. The SMILES string of the molecule is CCC(CO)(CO)CC(C)C.CCC(CO)C(CO)C(C)C.CCC(CO)C(O)CC(C)C.CCC(O)(CO)CC(C)C.CCC(O)(CO)CCC(C)C.CCC(O)C(CO)C(C)C.CCC(O)C(CO)CC(C)C.CCC(O)C(O)CC(C)C.CCC(O)C(O)CCC(C)C.CCC(O)CC(CO)C(C)C.CCC(O)CC(O)CC(C)C.CCCC(O)(O)CC(C)C.CCCC(O)C(CO)C(C)C.CCCC(O)C(O)CC(C)C. The third-order valence-electron chi connectivity index (χ3n) is 27.3. The summed E-state index contributed by atoms with van der Waals surface area (Å²) in [5.74, 6) is 6.22. The predicted molar refractivity (Wildman–Crippen MR) is 630 cm³/mol. The van der Waals surface area contributed by atoms with E-state index in [1.54, 1.807) is 0 Å². The normalized spacial score (nSPS) is 16.4. The van der Waals surface area contributed by atoms with Gasteiger partial charge in [-0.1, -0.05) is 316 Å². The molecule has 28 heteroatoms. The molecule has 0 radical (unpaired) electrons. The lowest BCUT2D eigenvalue weighted by Gasteiger charge is -2.29. The Labute approximate surface area is 926 Å². The molecular weight excluding hydrogens is 1910 g/mol. The minimum atomic E-state index is -1.43. The Bertz CT molecular complexity index is 2520. The van der Waals surface area contributed by atoms with Crippen molar-refractivity contribution in [2.75, 3.05) is 72.7 Å². The third-order valence-corrected chi connectivity index (χ3v) is 27.3. The van der Waals surface area contributed by atoms with Gasteiger partial charge in [0.1, 0.15) is 0 Å². The van der Waals surface area contributed by atoms with E-state index < -0.39 is 53.6 Å². The van der Waals surface area contributed by atoms with Crippen LogP contribution < -0.4 is 0 Å².